The fourth-order valence-corrected chi connectivity index (χ4v) is 3.28. The molecule has 0 saturated heterocycles. The van der Waals surface area contributed by atoms with Gasteiger partial charge < -0.3 is 0 Å². The van der Waals surface area contributed by atoms with Gasteiger partial charge in [-0.2, -0.15) is 0 Å². The highest BCUT2D eigenvalue weighted by molar-refractivity contribution is 7.81. The van der Waals surface area contributed by atoms with Gasteiger partial charge in [0.2, 0.25) is 0 Å². The van der Waals surface area contributed by atoms with Crippen molar-refractivity contribution in [1.29, 1.82) is 0 Å². The molecule has 1 unspecified atom stereocenters. The number of rotatable bonds is 1. The van der Waals surface area contributed by atoms with Crippen molar-refractivity contribution >= 4 is 28.4 Å². The van der Waals surface area contributed by atoms with Crippen molar-refractivity contribution in [2.24, 2.45) is 5.92 Å². The molecule has 3 rings (SSSR count). The van der Waals surface area contributed by atoms with E-state index in [0.717, 1.165) is 28.8 Å². The quantitative estimate of drug-likeness (QED) is 0.714. The lowest BCUT2D eigenvalue weighted by Crippen LogP contribution is -2.06. The smallest absolute Gasteiger partial charge is 0.166 e. The SMILES string of the molecule is Cc1ccc2c(c1C1=CC=CCC1=S)CC(C)C2=O. The van der Waals surface area contributed by atoms with Crippen LogP contribution < -0.4 is 0 Å². The van der Waals surface area contributed by atoms with E-state index >= 15 is 0 Å². The highest BCUT2D eigenvalue weighted by Gasteiger charge is 2.30. The third-order valence-corrected chi connectivity index (χ3v) is 4.40. The number of carbonyl (C=O) groups excluding carboxylic acids is 1. The van der Waals surface area contributed by atoms with Gasteiger partial charge in [-0.1, -0.05) is 49.5 Å². The molecule has 0 aliphatic heterocycles. The molecule has 1 nitrogen and oxygen atoms in total. The molecule has 0 amide bonds. The fourth-order valence-electron chi connectivity index (χ4n) is 3.01. The number of fused-ring (bicyclic) bond motifs is 1. The molecule has 0 fully saturated rings. The summed E-state index contributed by atoms with van der Waals surface area (Å²) in [5, 5.41) is 0. The Hall–Kier alpha value is -1.54. The first-order chi connectivity index (χ1) is 9.09. The van der Waals surface area contributed by atoms with Crippen LogP contribution in [0.3, 0.4) is 0 Å². The maximum atomic E-state index is 12.2. The lowest BCUT2D eigenvalue weighted by atomic mass is 9.88. The zero-order valence-electron chi connectivity index (χ0n) is 11.2. The standard InChI is InChI=1S/C17H16OS/c1-10-7-8-12-14(9-11(2)17(12)18)16(10)13-5-3-4-6-15(13)19/h3-5,7-8,11H,6,9H2,1-2H3. The summed E-state index contributed by atoms with van der Waals surface area (Å²) < 4.78 is 0. The molecule has 96 valence electrons. The van der Waals surface area contributed by atoms with E-state index in [1.807, 2.05) is 19.1 Å². The number of Topliss-reactive ketones (excluding diaryl/α,β-unsaturated/α-hetero) is 1. The minimum atomic E-state index is 0.101. The second kappa shape index (κ2) is 4.53. The summed E-state index contributed by atoms with van der Waals surface area (Å²) >= 11 is 5.49. The van der Waals surface area contributed by atoms with Crippen LogP contribution in [-0.2, 0) is 6.42 Å². The molecule has 0 radical (unpaired) electrons. The highest BCUT2D eigenvalue weighted by atomic mass is 32.1. The van der Waals surface area contributed by atoms with E-state index in [1.165, 1.54) is 16.7 Å². The van der Waals surface area contributed by atoms with Gasteiger partial charge >= 0.3 is 0 Å². The van der Waals surface area contributed by atoms with E-state index in [0.29, 0.717) is 0 Å². The van der Waals surface area contributed by atoms with Gasteiger partial charge in [0.1, 0.15) is 0 Å². The molecule has 0 aromatic heterocycles. The van der Waals surface area contributed by atoms with Crippen molar-refractivity contribution in [3.63, 3.8) is 0 Å². The van der Waals surface area contributed by atoms with E-state index in [1.54, 1.807) is 0 Å². The Kier molecular flexibility index (Phi) is 2.98. The lowest BCUT2D eigenvalue weighted by Gasteiger charge is -2.17. The summed E-state index contributed by atoms with van der Waals surface area (Å²) in [6.45, 7) is 4.11. The zero-order valence-corrected chi connectivity index (χ0v) is 12.0. The Morgan fingerprint density at radius 2 is 2.11 bits per heavy atom. The van der Waals surface area contributed by atoms with Crippen molar-refractivity contribution < 1.29 is 4.79 Å². The van der Waals surface area contributed by atoms with Crippen LogP contribution in [0, 0.1) is 12.8 Å². The van der Waals surface area contributed by atoms with Crippen LogP contribution >= 0.6 is 12.2 Å². The maximum absolute atomic E-state index is 12.2. The summed E-state index contributed by atoms with van der Waals surface area (Å²) in [4.78, 5) is 13.1. The summed E-state index contributed by atoms with van der Waals surface area (Å²) in [7, 11) is 0. The van der Waals surface area contributed by atoms with Gasteiger partial charge in [-0.05, 0) is 35.6 Å². The van der Waals surface area contributed by atoms with Crippen LogP contribution in [0.2, 0.25) is 0 Å². The summed E-state index contributed by atoms with van der Waals surface area (Å²) in [5.74, 6) is 0.373. The largest absolute Gasteiger partial charge is 0.294 e. The van der Waals surface area contributed by atoms with Gasteiger partial charge in [0.25, 0.3) is 0 Å². The zero-order chi connectivity index (χ0) is 13.6. The van der Waals surface area contributed by atoms with E-state index in [2.05, 4.69) is 25.2 Å². The van der Waals surface area contributed by atoms with Crippen molar-refractivity contribution in [1.82, 2.24) is 0 Å². The normalized spacial score (nSPS) is 21.6. The molecule has 1 aromatic rings. The lowest BCUT2D eigenvalue weighted by molar-refractivity contribution is 0.0946. The first-order valence-electron chi connectivity index (χ1n) is 6.66. The molecular weight excluding hydrogens is 252 g/mol. The summed E-state index contributed by atoms with van der Waals surface area (Å²) in [6.07, 6.45) is 7.90. The van der Waals surface area contributed by atoms with Crippen molar-refractivity contribution in [2.45, 2.75) is 26.7 Å². The van der Waals surface area contributed by atoms with Gasteiger partial charge in [0.15, 0.2) is 5.78 Å². The average Bonchev–Trinajstić information content (AvgIpc) is 2.67. The van der Waals surface area contributed by atoms with Crippen LogP contribution in [0.15, 0.2) is 30.4 Å². The number of benzene rings is 1. The number of allylic oxidation sites excluding steroid dienone is 4. The number of thiocarbonyl (C=S) groups is 1. The Labute approximate surface area is 119 Å². The maximum Gasteiger partial charge on any atom is 0.166 e. The topological polar surface area (TPSA) is 17.1 Å². The molecule has 0 spiro atoms. The second-order valence-electron chi connectivity index (χ2n) is 5.39. The number of aryl methyl sites for hydroxylation is 1. The van der Waals surface area contributed by atoms with Crippen LogP contribution in [0.5, 0.6) is 0 Å². The van der Waals surface area contributed by atoms with E-state index in [-0.39, 0.29) is 11.7 Å². The van der Waals surface area contributed by atoms with Gasteiger partial charge in [0.05, 0.1) is 0 Å². The molecule has 0 N–H and O–H groups in total. The van der Waals surface area contributed by atoms with Gasteiger partial charge in [-0.15, -0.1) is 0 Å². The minimum Gasteiger partial charge on any atom is -0.294 e. The first-order valence-corrected chi connectivity index (χ1v) is 7.07. The van der Waals surface area contributed by atoms with E-state index in [4.69, 9.17) is 12.2 Å². The Balaban J connectivity index is 2.23. The molecule has 0 saturated carbocycles. The van der Waals surface area contributed by atoms with Gasteiger partial charge in [0, 0.05) is 22.8 Å². The number of hydrogen-bond acceptors (Lipinski definition) is 2. The molecule has 0 bridgehead atoms. The monoisotopic (exact) mass is 268 g/mol. The number of carbonyl (C=O) groups is 1. The molecule has 2 aliphatic carbocycles. The Morgan fingerprint density at radius 1 is 1.32 bits per heavy atom. The molecule has 19 heavy (non-hydrogen) atoms. The molecule has 1 atom stereocenters. The van der Waals surface area contributed by atoms with Crippen molar-refractivity contribution in [2.75, 3.05) is 0 Å². The molecule has 2 aliphatic rings. The molecular formula is C17H16OS. The third-order valence-electron chi connectivity index (χ3n) is 4.02. The van der Waals surface area contributed by atoms with Crippen molar-refractivity contribution in [3.05, 3.63) is 52.6 Å². The predicted molar refractivity (Wildman–Crippen MR) is 82.7 cm³/mol. The van der Waals surface area contributed by atoms with Crippen molar-refractivity contribution in [3.8, 4) is 0 Å². The van der Waals surface area contributed by atoms with Crippen LogP contribution in [0.25, 0.3) is 5.57 Å². The number of ketones is 1. The summed E-state index contributed by atoms with van der Waals surface area (Å²) in [5.41, 5.74) is 5.63. The van der Waals surface area contributed by atoms with E-state index in [9.17, 15) is 4.79 Å². The van der Waals surface area contributed by atoms with Crippen LogP contribution in [0.4, 0.5) is 0 Å². The van der Waals surface area contributed by atoms with Crippen LogP contribution in [0.1, 0.15) is 40.4 Å². The molecule has 0 heterocycles. The van der Waals surface area contributed by atoms with E-state index < -0.39 is 0 Å². The summed E-state index contributed by atoms with van der Waals surface area (Å²) in [6, 6.07) is 4.02. The molecule has 2 heteroatoms. The van der Waals surface area contributed by atoms with Gasteiger partial charge in [-0.25, -0.2) is 0 Å². The van der Waals surface area contributed by atoms with Gasteiger partial charge in [-0.3, -0.25) is 4.79 Å². The molecule has 1 aromatic carbocycles. The number of hydrogen-bond donors (Lipinski definition) is 0. The second-order valence-corrected chi connectivity index (χ2v) is 5.88. The van der Waals surface area contributed by atoms with Crippen LogP contribution in [-0.4, -0.2) is 10.6 Å². The fraction of sp³-hybridized carbons (Fsp3) is 0.294. The Morgan fingerprint density at radius 3 is 2.84 bits per heavy atom. The first kappa shape index (κ1) is 12.5. The predicted octanol–water partition coefficient (Wildman–Crippen LogP) is 4.08. The highest BCUT2D eigenvalue weighted by Crippen LogP contribution is 2.36. The third kappa shape index (κ3) is 1.91. The Bertz CT molecular complexity index is 649. The minimum absolute atomic E-state index is 0.101. The average molecular weight is 268 g/mol.